The molecule has 0 aromatic rings. The van der Waals surface area contributed by atoms with Crippen molar-refractivity contribution in [2.45, 2.75) is 24.4 Å². The van der Waals surface area contributed by atoms with Crippen LogP contribution in [0.1, 0.15) is 11.7 Å². The van der Waals surface area contributed by atoms with Crippen LogP contribution >= 0.6 is 35.7 Å². The molecule has 6 atom stereocenters. The SMILES string of the molecule is O=P(O)(O)OP(=O)(O)OP(=O)(O)OC[C@H]1O[C@@H](c2cc3ccc[nH]c-3nc2=S)C(O)[C@H]1O. The molecule has 0 aliphatic carbocycles. The number of nitrogens with zero attached hydrogens (tertiary/aromatic N) is 1. The van der Waals surface area contributed by atoms with E-state index in [2.05, 4.69) is 23.1 Å². The van der Waals surface area contributed by atoms with Crippen LogP contribution in [-0.2, 0) is 31.6 Å². The van der Waals surface area contributed by atoms with Gasteiger partial charge in [-0.3, -0.25) is 4.52 Å². The number of fused-ring (bicyclic) bond motifs is 1. The minimum atomic E-state index is -5.69. The van der Waals surface area contributed by atoms with Gasteiger partial charge in [0.05, 0.1) is 6.61 Å². The molecule has 3 unspecified atom stereocenters. The number of aromatic amines is 1. The van der Waals surface area contributed by atoms with E-state index in [1.807, 2.05) is 0 Å². The maximum atomic E-state index is 11.8. The van der Waals surface area contributed by atoms with Gasteiger partial charge in [-0.15, -0.1) is 0 Å². The highest BCUT2D eigenvalue weighted by atomic mass is 32.1. The van der Waals surface area contributed by atoms with Gasteiger partial charge in [-0.1, -0.05) is 12.2 Å². The number of aliphatic hydroxyl groups excluding tert-OH is 2. The van der Waals surface area contributed by atoms with Gasteiger partial charge in [-0.2, -0.15) is 8.62 Å². The van der Waals surface area contributed by atoms with Crippen LogP contribution in [0.3, 0.4) is 0 Å². The predicted molar refractivity (Wildman–Crippen MR) is 105 cm³/mol. The summed E-state index contributed by atoms with van der Waals surface area (Å²) < 4.78 is 51.0. The molecule has 1 saturated heterocycles. The zero-order valence-electron chi connectivity index (χ0n) is 15.6. The van der Waals surface area contributed by atoms with Crippen LogP contribution in [0.5, 0.6) is 0 Å². The first-order chi connectivity index (χ1) is 14.7. The highest BCUT2D eigenvalue weighted by Gasteiger charge is 2.46. The minimum Gasteiger partial charge on any atom is -0.387 e. The first kappa shape index (κ1) is 25.7. The van der Waals surface area contributed by atoms with Crippen molar-refractivity contribution in [2.24, 2.45) is 0 Å². The Morgan fingerprint density at radius 1 is 1.09 bits per heavy atom. The summed E-state index contributed by atoms with van der Waals surface area (Å²) in [6.45, 7) is -0.931. The number of phosphoric ester groups is 1. The Morgan fingerprint density at radius 2 is 1.78 bits per heavy atom. The molecule has 0 aromatic heterocycles. The van der Waals surface area contributed by atoms with E-state index in [1.54, 1.807) is 24.4 Å². The first-order valence-corrected chi connectivity index (χ1v) is 13.4. The molecule has 32 heavy (non-hydrogen) atoms. The van der Waals surface area contributed by atoms with Crippen molar-refractivity contribution >= 4 is 35.7 Å². The Bertz CT molecular complexity index is 1150. The number of nitrogens with one attached hydrogen (secondary N) is 1. The van der Waals surface area contributed by atoms with Crippen molar-refractivity contribution < 1.29 is 61.4 Å². The van der Waals surface area contributed by atoms with Crippen LogP contribution in [0.4, 0.5) is 0 Å². The van der Waals surface area contributed by atoms with Crippen LogP contribution in [0, 0.1) is 4.64 Å². The normalized spacial score (nSPS) is 27.8. The predicted octanol–water partition coefficient (Wildman–Crippen LogP) is 0.749. The van der Waals surface area contributed by atoms with Crippen molar-refractivity contribution in [3.05, 3.63) is 34.6 Å². The Balaban J connectivity index is 1.71. The third-order valence-corrected chi connectivity index (χ3v) is 8.25. The number of H-pyrrole nitrogens is 1. The highest BCUT2D eigenvalue weighted by molar-refractivity contribution is 7.71. The van der Waals surface area contributed by atoms with Gasteiger partial charge in [0.15, 0.2) is 0 Å². The molecule has 19 heteroatoms. The molecule has 15 nitrogen and oxygen atoms in total. The van der Waals surface area contributed by atoms with Crippen LogP contribution < -0.4 is 0 Å². The second kappa shape index (κ2) is 9.37. The molecule has 0 aromatic carbocycles. The molecule has 0 radical (unpaired) electrons. The van der Waals surface area contributed by atoms with E-state index in [0.717, 1.165) is 0 Å². The van der Waals surface area contributed by atoms with Crippen LogP contribution in [0.15, 0.2) is 24.4 Å². The molecule has 1 fully saturated rings. The van der Waals surface area contributed by atoms with Crippen molar-refractivity contribution in [1.29, 1.82) is 0 Å². The lowest BCUT2D eigenvalue weighted by molar-refractivity contribution is -0.0224. The molecular weight excluding hydrogens is 517 g/mol. The maximum absolute atomic E-state index is 11.8. The van der Waals surface area contributed by atoms with Gasteiger partial charge < -0.3 is 39.5 Å². The molecule has 0 saturated carbocycles. The summed E-state index contributed by atoms with van der Waals surface area (Å²) in [4.78, 5) is 42.7. The number of ether oxygens (including phenoxy) is 1. The number of aliphatic hydroxyl groups is 2. The fraction of sp³-hybridized carbons (Fsp3) is 0.385. The molecule has 7 N–H and O–H groups in total. The monoisotopic (exact) mass is 534 g/mol. The van der Waals surface area contributed by atoms with E-state index in [9.17, 15) is 28.8 Å². The topological polar surface area (TPSA) is 238 Å². The number of hydrogen-bond acceptors (Lipinski definition) is 11. The Labute approximate surface area is 184 Å². The number of hydrogen-bond donors (Lipinski definition) is 7. The number of pyridine rings is 2. The molecule has 178 valence electrons. The van der Waals surface area contributed by atoms with Crippen LogP contribution in [0.25, 0.3) is 11.4 Å². The quantitative estimate of drug-likeness (QED) is 0.183. The second-order valence-corrected chi connectivity index (χ2v) is 11.3. The second-order valence-electron chi connectivity index (χ2n) is 6.45. The third kappa shape index (κ3) is 6.35. The lowest BCUT2D eigenvalue weighted by Crippen LogP contribution is -2.33. The van der Waals surface area contributed by atoms with E-state index in [-0.39, 0.29) is 10.2 Å². The van der Waals surface area contributed by atoms with Gasteiger partial charge in [-0.05, 0) is 18.2 Å². The average molecular weight is 534 g/mol. The summed E-state index contributed by atoms with van der Waals surface area (Å²) in [5.74, 6) is 0.471. The average Bonchev–Trinajstić information content (AvgIpc) is 2.91. The fourth-order valence-electron chi connectivity index (χ4n) is 2.87. The summed E-state index contributed by atoms with van der Waals surface area (Å²) in [7, 11) is -16.7. The van der Waals surface area contributed by atoms with Gasteiger partial charge in [0.1, 0.15) is 34.9 Å². The van der Waals surface area contributed by atoms with E-state index in [4.69, 9.17) is 31.6 Å². The van der Waals surface area contributed by atoms with Gasteiger partial charge in [0, 0.05) is 17.3 Å². The molecular formula is C13H17N2O13P3S. The molecule has 3 aliphatic heterocycles. The van der Waals surface area contributed by atoms with Gasteiger partial charge in [0.25, 0.3) is 0 Å². The van der Waals surface area contributed by atoms with Crippen molar-refractivity contribution in [3.8, 4) is 11.4 Å². The third-order valence-electron chi connectivity index (χ3n) is 4.12. The summed E-state index contributed by atoms with van der Waals surface area (Å²) in [6, 6.07) is 4.98. The van der Waals surface area contributed by atoms with E-state index >= 15 is 0 Å². The van der Waals surface area contributed by atoms with E-state index < -0.39 is 54.5 Å². The van der Waals surface area contributed by atoms with Crippen LogP contribution in [-0.4, -0.2) is 64.7 Å². The summed E-state index contributed by atoms with van der Waals surface area (Å²) in [5.41, 5.74) is 0.873. The van der Waals surface area contributed by atoms with Crippen molar-refractivity contribution in [1.82, 2.24) is 9.97 Å². The molecule has 0 amide bonds. The zero-order chi connectivity index (χ0) is 23.9. The lowest BCUT2D eigenvalue weighted by atomic mass is 10.0. The maximum Gasteiger partial charge on any atom is 0.490 e. The first-order valence-electron chi connectivity index (χ1n) is 8.46. The summed E-state index contributed by atoms with van der Waals surface area (Å²) in [5, 5.41) is 20.6. The smallest absolute Gasteiger partial charge is 0.387 e. The Morgan fingerprint density at radius 3 is 2.44 bits per heavy atom. The molecule has 0 bridgehead atoms. The molecule has 0 spiro atoms. The zero-order valence-corrected chi connectivity index (χ0v) is 19.1. The number of phosphoric acid groups is 3. The molecule has 3 rings (SSSR count). The number of rotatable bonds is 8. The van der Waals surface area contributed by atoms with Gasteiger partial charge in [0.2, 0.25) is 0 Å². The Kier molecular flexibility index (Phi) is 7.52. The highest BCUT2D eigenvalue weighted by Crippen LogP contribution is 2.66. The van der Waals surface area contributed by atoms with E-state index in [0.29, 0.717) is 11.4 Å². The minimum absolute atomic E-state index is 0.0599. The van der Waals surface area contributed by atoms with E-state index in [1.165, 1.54) is 0 Å². The van der Waals surface area contributed by atoms with Crippen molar-refractivity contribution in [2.75, 3.05) is 6.61 Å². The Hall–Kier alpha value is -0.930. The van der Waals surface area contributed by atoms with Crippen molar-refractivity contribution in [3.63, 3.8) is 0 Å². The van der Waals surface area contributed by atoms with Gasteiger partial charge in [-0.25, -0.2) is 18.7 Å². The summed E-state index contributed by atoms with van der Waals surface area (Å²) >= 11 is 5.20. The van der Waals surface area contributed by atoms with Gasteiger partial charge >= 0.3 is 23.5 Å². The largest absolute Gasteiger partial charge is 0.490 e. The van der Waals surface area contributed by atoms with Crippen LogP contribution in [0.2, 0.25) is 0 Å². The fourth-order valence-corrected chi connectivity index (χ4v) is 6.16. The molecule has 3 aliphatic rings. The number of aromatic nitrogens is 2. The lowest BCUT2D eigenvalue weighted by Gasteiger charge is -2.19. The standard InChI is InChI=1S/C13H17N2O13P3S/c16-9-8(5-25-30(21,22)28-31(23,24)27-29(18,19)20)26-11(10(9)17)7-4-6-2-1-3-14-12(6)15-13(7)32/h1-4,8-11,16-17H,5H2,(H,21,22)(H,23,24)(H,14,15,32)(H2,18,19,20)/t8-,9+,10?,11+/m1/s1. The molecule has 3 heterocycles. The summed E-state index contributed by atoms with van der Waals surface area (Å²) in [6.07, 6.45) is -4.16.